The summed E-state index contributed by atoms with van der Waals surface area (Å²) in [5.41, 5.74) is 11.4. The molecule has 0 bridgehead atoms. The molecule has 0 saturated heterocycles. The van der Waals surface area contributed by atoms with E-state index >= 15 is 0 Å². The van der Waals surface area contributed by atoms with Crippen LogP contribution in [0.2, 0.25) is 0 Å². The summed E-state index contributed by atoms with van der Waals surface area (Å²) >= 11 is 3.33. The van der Waals surface area contributed by atoms with Gasteiger partial charge in [0.2, 0.25) is 0 Å². The number of fused-ring (bicyclic) bond motifs is 1. The van der Waals surface area contributed by atoms with E-state index in [0.29, 0.717) is 11.3 Å². The highest BCUT2D eigenvalue weighted by Gasteiger charge is 2.14. The van der Waals surface area contributed by atoms with Gasteiger partial charge in [-0.15, -0.1) is 0 Å². The van der Waals surface area contributed by atoms with Gasteiger partial charge >= 0.3 is 0 Å². The van der Waals surface area contributed by atoms with E-state index in [0.717, 1.165) is 10.5 Å². The summed E-state index contributed by atoms with van der Waals surface area (Å²) in [6, 6.07) is 9.57. The standard InChI is InChI=1S/C15H10BrFN2O2/c16-8-3-1-7(2-4-8)12-6-11(20)9-5-10(17)13(18)14(19)15(9)21-12/h1-6H,18-19H2. The van der Waals surface area contributed by atoms with Gasteiger partial charge in [0.25, 0.3) is 0 Å². The summed E-state index contributed by atoms with van der Waals surface area (Å²) in [5.74, 6) is -0.388. The lowest BCUT2D eigenvalue weighted by molar-refractivity contribution is 0.612. The van der Waals surface area contributed by atoms with Crippen LogP contribution in [0, 0.1) is 5.82 Å². The Morgan fingerprint density at radius 2 is 1.71 bits per heavy atom. The fraction of sp³-hybridized carbons (Fsp3) is 0. The molecule has 0 spiro atoms. The van der Waals surface area contributed by atoms with Crippen molar-refractivity contribution in [2.45, 2.75) is 0 Å². The Morgan fingerprint density at radius 1 is 1.05 bits per heavy atom. The minimum atomic E-state index is -0.733. The largest absolute Gasteiger partial charge is 0.454 e. The third-order valence-corrected chi connectivity index (χ3v) is 3.70. The number of nitrogens with two attached hydrogens (primary N) is 2. The maximum absolute atomic E-state index is 13.6. The number of hydrogen-bond acceptors (Lipinski definition) is 4. The van der Waals surface area contributed by atoms with Gasteiger partial charge < -0.3 is 15.9 Å². The van der Waals surface area contributed by atoms with E-state index in [1.54, 1.807) is 12.1 Å². The molecule has 4 N–H and O–H groups in total. The predicted molar refractivity (Wildman–Crippen MR) is 84.4 cm³/mol. The number of benzene rings is 2. The first kappa shape index (κ1) is 13.6. The van der Waals surface area contributed by atoms with E-state index in [9.17, 15) is 9.18 Å². The van der Waals surface area contributed by atoms with Crippen LogP contribution in [-0.4, -0.2) is 0 Å². The Morgan fingerprint density at radius 3 is 2.38 bits per heavy atom. The number of anilines is 2. The van der Waals surface area contributed by atoms with Gasteiger partial charge in [0.1, 0.15) is 17.3 Å². The summed E-state index contributed by atoms with van der Waals surface area (Å²) in [7, 11) is 0. The van der Waals surface area contributed by atoms with Crippen LogP contribution in [0.1, 0.15) is 0 Å². The Hall–Kier alpha value is -2.34. The predicted octanol–water partition coefficient (Wildman–Crippen LogP) is 3.53. The average Bonchev–Trinajstić information content (AvgIpc) is 2.47. The zero-order valence-electron chi connectivity index (χ0n) is 10.7. The zero-order valence-corrected chi connectivity index (χ0v) is 12.3. The molecule has 0 aliphatic heterocycles. The molecular weight excluding hydrogens is 339 g/mol. The Kier molecular flexibility index (Phi) is 3.17. The van der Waals surface area contributed by atoms with Gasteiger partial charge in [0, 0.05) is 16.1 Å². The normalized spacial score (nSPS) is 11.0. The molecule has 6 heteroatoms. The molecule has 1 aromatic heterocycles. The van der Waals surface area contributed by atoms with Crippen LogP contribution in [0.5, 0.6) is 0 Å². The molecule has 3 aromatic rings. The molecule has 0 aliphatic carbocycles. The van der Waals surface area contributed by atoms with Crippen LogP contribution >= 0.6 is 15.9 Å². The van der Waals surface area contributed by atoms with Gasteiger partial charge in [-0.05, 0) is 18.2 Å². The molecule has 0 amide bonds. The van der Waals surface area contributed by atoms with Crippen molar-refractivity contribution >= 4 is 38.3 Å². The second-order valence-electron chi connectivity index (χ2n) is 4.54. The van der Waals surface area contributed by atoms with E-state index in [4.69, 9.17) is 15.9 Å². The average molecular weight is 349 g/mol. The molecule has 106 valence electrons. The van der Waals surface area contributed by atoms with Crippen LogP contribution in [-0.2, 0) is 0 Å². The highest BCUT2D eigenvalue weighted by Crippen LogP contribution is 2.31. The molecule has 0 saturated carbocycles. The van der Waals surface area contributed by atoms with Gasteiger partial charge in [-0.3, -0.25) is 4.79 Å². The van der Waals surface area contributed by atoms with Crippen molar-refractivity contribution in [3.8, 4) is 11.3 Å². The molecular formula is C15H10BrFN2O2. The lowest BCUT2D eigenvalue weighted by Crippen LogP contribution is -2.06. The molecule has 2 aromatic carbocycles. The molecule has 3 rings (SSSR count). The van der Waals surface area contributed by atoms with E-state index in [1.165, 1.54) is 6.07 Å². The number of halogens is 2. The van der Waals surface area contributed by atoms with Gasteiger partial charge in [-0.2, -0.15) is 0 Å². The Balaban J connectivity index is 2.33. The molecule has 0 aliphatic rings. The van der Waals surface area contributed by atoms with Crippen LogP contribution in [0.3, 0.4) is 0 Å². The summed E-state index contributed by atoms with van der Waals surface area (Å²) < 4.78 is 20.1. The third kappa shape index (κ3) is 2.27. The topological polar surface area (TPSA) is 82.2 Å². The minimum absolute atomic E-state index is 0.0685. The van der Waals surface area contributed by atoms with E-state index in [1.807, 2.05) is 12.1 Å². The smallest absolute Gasteiger partial charge is 0.193 e. The zero-order chi connectivity index (χ0) is 15.1. The van der Waals surface area contributed by atoms with Crippen molar-refractivity contribution in [3.05, 3.63) is 56.9 Å². The highest BCUT2D eigenvalue weighted by atomic mass is 79.9. The molecule has 21 heavy (non-hydrogen) atoms. The van der Waals surface area contributed by atoms with Gasteiger partial charge in [0.15, 0.2) is 11.0 Å². The molecule has 0 atom stereocenters. The summed E-state index contributed by atoms with van der Waals surface area (Å²) in [6.07, 6.45) is 0. The van der Waals surface area contributed by atoms with E-state index < -0.39 is 5.82 Å². The third-order valence-electron chi connectivity index (χ3n) is 3.18. The summed E-state index contributed by atoms with van der Waals surface area (Å²) in [6.45, 7) is 0. The first-order valence-corrected chi connectivity index (χ1v) is 6.84. The van der Waals surface area contributed by atoms with Gasteiger partial charge in [-0.1, -0.05) is 28.1 Å². The molecule has 0 unspecified atom stereocenters. The fourth-order valence-corrected chi connectivity index (χ4v) is 2.32. The second kappa shape index (κ2) is 4.89. The van der Waals surface area contributed by atoms with E-state index in [-0.39, 0.29) is 27.8 Å². The van der Waals surface area contributed by atoms with Crippen molar-refractivity contribution in [1.82, 2.24) is 0 Å². The molecule has 4 nitrogen and oxygen atoms in total. The van der Waals surface area contributed by atoms with Crippen LogP contribution in [0.15, 0.2) is 50.1 Å². The van der Waals surface area contributed by atoms with Crippen molar-refractivity contribution in [1.29, 1.82) is 0 Å². The maximum Gasteiger partial charge on any atom is 0.193 e. The van der Waals surface area contributed by atoms with Crippen LogP contribution in [0.4, 0.5) is 15.8 Å². The van der Waals surface area contributed by atoms with Crippen LogP contribution < -0.4 is 16.9 Å². The van der Waals surface area contributed by atoms with Crippen molar-refractivity contribution in [3.63, 3.8) is 0 Å². The molecule has 0 radical (unpaired) electrons. The number of hydrogen-bond donors (Lipinski definition) is 2. The molecule has 1 heterocycles. The summed E-state index contributed by atoms with van der Waals surface area (Å²) in [4.78, 5) is 12.1. The second-order valence-corrected chi connectivity index (χ2v) is 5.46. The lowest BCUT2D eigenvalue weighted by Gasteiger charge is -2.08. The van der Waals surface area contributed by atoms with Gasteiger partial charge in [-0.25, -0.2) is 4.39 Å². The minimum Gasteiger partial charge on any atom is -0.454 e. The first-order valence-electron chi connectivity index (χ1n) is 6.04. The number of nitrogen functional groups attached to an aromatic ring is 2. The Labute approximate surface area is 127 Å². The van der Waals surface area contributed by atoms with Gasteiger partial charge in [0.05, 0.1) is 11.1 Å². The fourth-order valence-electron chi connectivity index (χ4n) is 2.05. The maximum atomic E-state index is 13.6. The highest BCUT2D eigenvalue weighted by molar-refractivity contribution is 9.10. The SMILES string of the molecule is Nc1c(F)cc2c(=O)cc(-c3ccc(Br)cc3)oc2c1N. The lowest BCUT2D eigenvalue weighted by atomic mass is 10.1. The van der Waals surface area contributed by atoms with E-state index in [2.05, 4.69) is 15.9 Å². The summed E-state index contributed by atoms with van der Waals surface area (Å²) in [5, 5.41) is 0.0695. The Bertz CT molecular complexity index is 904. The quantitative estimate of drug-likeness (QED) is 0.659. The van der Waals surface area contributed by atoms with Crippen molar-refractivity contribution in [2.24, 2.45) is 0 Å². The molecule has 0 fully saturated rings. The van der Waals surface area contributed by atoms with Crippen LogP contribution in [0.25, 0.3) is 22.3 Å². The van der Waals surface area contributed by atoms with Crippen molar-refractivity contribution in [2.75, 3.05) is 11.5 Å². The first-order chi connectivity index (χ1) is 9.97. The monoisotopic (exact) mass is 348 g/mol. The van der Waals surface area contributed by atoms with Crippen molar-refractivity contribution < 1.29 is 8.81 Å². The number of rotatable bonds is 1.